The van der Waals surface area contributed by atoms with Crippen LogP contribution in [0.3, 0.4) is 0 Å². The summed E-state index contributed by atoms with van der Waals surface area (Å²) in [5, 5.41) is 4.32. The Kier molecular flexibility index (Phi) is 3.74. The number of rotatable bonds is 2. The van der Waals surface area contributed by atoms with Crippen LogP contribution >= 0.6 is 27.5 Å². The van der Waals surface area contributed by atoms with Gasteiger partial charge in [0.1, 0.15) is 0 Å². The molecule has 1 aromatic heterocycles. The second-order valence-corrected chi connectivity index (χ2v) is 6.12. The molecule has 0 unspecified atom stereocenters. The van der Waals surface area contributed by atoms with Crippen LogP contribution < -0.4 is 5.32 Å². The van der Waals surface area contributed by atoms with Gasteiger partial charge in [0.15, 0.2) is 0 Å². The highest BCUT2D eigenvalue weighted by Gasteiger charge is 2.13. The average Bonchev–Trinajstić information content (AvgIpc) is 2.85. The highest BCUT2D eigenvalue weighted by Crippen LogP contribution is 2.26. The Morgan fingerprint density at radius 2 is 2.05 bits per heavy atom. The number of anilines is 1. The van der Waals surface area contributed by atoms with Gasteiger partial charge in [0, 0.05) is 26.6 Å². The molecule has 2 aromatic carbocycles. The number of carbonyl (C=O) groups excluding carboxylic acids is 1. The van der Waals surface area contributed by atoms with Crippen molar-refractivity contribution in [1.82, 2.24) is 4.98 Å². The fourth-order valence-corrected chi connectivity index (χ4v) is 2.96. The molecule has 3 nitrogen and oxygen atoms in total. The number of hydrogen-bond acceptors (Lipinski definition) is 1. The van der Waals surface area contributed by atoms with Crippen molar-refractivity contribution in [2.45, 2.75) is 6.92 Å². The second kappa shape index (κ2) is 5.54. The molecule has 0 aliphatic heterocycles. The third-order valence-electron chi connectivity index (χ3n) is 3.26. The molecule has 0 saturated carbocycles. The summed E-state index contributed by atoms with van der Waals surface area (Å²) in [6.07, 6.45) is 1.69. The molecule has 0 atom stereocenters. The summed E-state index contributed by atoms with van der Waals surface area (Å²) in [6, 6.07) is 11.2. The summed E-state index contributed by atoms with van der Waals surface area (Å²) < 4.78 is 0.855. The molecule has 0 aliphatic rings. The van der Waals surface area contributed by atoms with Crippen LogP contribution in [0.5, 0.6) is 0 Å². The SMILES string of the molecule is Cc1ccc(NC(=O)c2c[nH]c3ccc(Cl)cc23)c(Br)c1. The van der Waals surface area contributed by atoms with Gasteiger partial charge in [-0.15, -0.1) is 0 Å². The Labute approximate surface area is 135 Å². The first-order valence-corrected chi connectivity index (χ1v) is 7.56. The smallest absolute Gasteiger partial charge is 0.257 e. The fraction of sp³-hybridized carbons (Fsp3) is 0.0625. The Balaban J connectivity index is 1.95. The van der Waals surface area contributed by atoms with Gasteiger partial charge < -0.3 is 10.3 Å². The summed E-state index contributed by atoms with van der Waals surface area (Å²) in [4.78, 5) is 15.5. The second-order valence-electron chi connectivity index (χ2n) is 4.83. The van der Waals surface area contributed by atoms with Crippen LogP contribution in [0.2, 0.25) is 5.02 Å². The number of carbonyl (C=O) groups is 1. The Morgan fingerprint density at radius 1 is 1.24 bits per heavy atom. The van der Waals surface area contributed by atoms with Gasteiger partial charge in [-0.3, -0.25) is 4.79 Å². The summed E-state index contributed by atoms with van der Waals surface area (Å²) in [6.45, 7) is 2.00. The minimum absolute atomic E-state index is 0.173. The summed E-state index contributed by atoms with van der Waals surface area (Å²) in [7, 11) is 0. The summed E-state index contributed by atoms with van der Waals surface area (Å²) in [5.41, 5.74) is 3.31. The van der Waals surface area contributed by atoms with Gasteiger partial charge in [-0.05, 0) is 58.7 Å². The van der Waals surface area contributed by atoms with Crippen LogP contribution in [0.25, 0.3) is 10.9 Å². The Bertz CT molecular complexity index is 841. The van der Waals surface area contributed by atoms with Gasteiger partial charge >= 0.3 is 0 Å². The first-order valence-electron chi connectivity index (χ1n) is 6.39. The predicted molar refractivity (Wildman–Crippen MR) is 90.1 cm³/mol. The molecule has 0 fully saturated rings. The van der Waals surface area contributed by atoms with E-state index in [0.717, 1.165) is 26.6 Å². The number of amides is 1. The minimum atomic E-state index is -0.173. The van der Waals surface area contributed by atoms with Crippen LogP contribution in [0, 0.1) is 6.92 Å². The molecule has 3 aromatic rings. The third kappa shape index (κ3) is 2.82. The van der Waals surface area contributed by atoms with Crippen molar-refractivity contribution < 1.29 is 4.79 Å². The highest BCUT2D eigenvalue weighted by atomic mass is 79.9. The first-order chi connectivity index (χ1) is 10.0. The van der Waals surface area contributed by atoms with Gasteiger partial charge in [0.2, 0.25) is 0 Å². The van der Waals surface area contributed by atoms with Crippen LogP contribution in [0.4, 0.5) is 5.69 Å². The van der Waals surface area contributed by atoms with Crippen molar-refractivity contribution in [3.63, 3.8) is 0 Å². The lowest BCUT2D eigenvalue weighted by Crippen LogP contribution is -2.11. The molecule has 1 amide bonds. The lowest BCUT2D eigenvalue weighted by molar-refractivity contribution is 0.102. The van der Waals surface area contributed by atoms with E-state index < -0.39 is 0 Å². The number of benzene rings is 2. The van der Waals surface area contributed by atoms with Crippen molar-refractivity contribution in [3.05, 3.63) is 63.2 Å². The number of halogens is 2. The molecule has 3 rings (SSSR count). The number of H-pyrrole nitrogens is 1. The third-order valence-corrected chi connectivity index (χ3v) is 4.15. The number of hydrogen-bond donors (Lipinski definition) is 2. The molecule has 0 spiro atoms. The fourth-order valence-electron chi connectivity index (χ4n) is 2.19. The largest absolute Gasteiger partial charge is 0.360 e. The lowest BCUT2D eigenvalue weighted by atomic mass is 10.1. The maximum atomic E-state index is 12.4. The minimum Gasteiger partial charge on any atom is -0.360 e. The lowest BCUT2D eigenvalue weighted by Gasteiger charge is -2.07. The first kappa shape index (κ1) is 14.2. The van der Waals surface area contributed by atoms with Gasteiger partial charge in [-0.25, -0.2) is 0 Å². The standard InChI is InChI=1S/C16H12BrClN2O/c1-9-2-4-15(13(17)6-9)20-16(21)12-8-19-14-5-3-10(18)7-11(12)14/h2-8,19H,1H3,(H,20,21). The van der Waals surface area contributed by atoms with Crippen LogP contribution in [0.1, 0.15) is 15.9 Å². The van der Waals surface area contributed by atoms with E-state index in [1.165, 1.54) is 0 Å². The van der Waals surface area contributed by atoms with Gasteiger partial charge in [-0.2, -0.15) is 0 Å². The van der Waals surface area contributed by atoms with E-state index in [9.17, 15) is 4.79 Å². The van der Waals surface area contributed by atoms with Crippen LogP contribution in [0.15, 0.2) is 47.1 Å². The molecular formula is C16H12BrClN2O. The number of aromatic nitrogens is 1. The van der Waals surface area contributed by atoms with Crippen molar-refractivity contribution in [2.75, 3.05) is 5.32 Å². The maximum absolute atomic E-state index is 12.4. The van der Waals surface area contributed by atoms with E-state index in [1.54, 1.807) is 18.3 Å². The zero-order valence-electron chi connectivity index (χ0n) is 11.2. The van der Waals surface area contributed by atoms with Gasteiger partial charge in [0.05, 0.1) is 11.3 Å². The summed E-state index contributed by atoms with van der Waals surface area (Å²) >= 11 is 9.46. The highest BCUT2D eigenvalue weighted by molar-refractivity contribution is 9.10. The number of fused-ring (bicyclic) bond motifs is 1. The molecule has 1 heterocycles. The molecular weight excluding hydrogens is 352 g/mol. The number of aromatic amines is 1. The molecule has 0 bridgehead atoms. The average molecular weight is 364 g/mol. The Morgan fingerprint density at radius 3 is 2.81 bits per heavy atom. The van der Waals surface area contributed by atoms with E-state index in [4.69, 9.17) is 11.6 Å². The Hall–Kier alpha value is -1.78. The molecule has 2 N–H and O–H groups in total. The van der Waals surface area contributed by atoms with Crippen molar-refractivity contribution in [3.8, 4) is 0 Å². The van der Waals surface area contributed by atoms with E-state index in [-0.39, 0.29) is 5.91 Å². The zero-order chi connectivity index (χ0) is 15.0. The molecule has 0 saturated heterocycles. The molecule has 5 heteroatoms. The maximum Gasteiger partial charge on any atom is 0.257 e. The van der Waals surface area contributed by atoms with E-state index in [1.807, 2.05) is 31.2 Å². The molecule has 0 aliphatic carbocycles. The van der Waals surface area contributed by atoms with Crippen molar-refractivity contribution >= 4 is 50.0 Å². The van der Waals surface area contributed by atoms with Crippen molar-refractivity contribution in [2.24, 2.45) is 0 Å². The predicted octanol–water partition coefficient (Wildman–Crippen LogP) is 5.14. The van der Waals surface area contributed by atoms with E-state index >= 15 is 0 Å². The van der Waals surface area contributed by atoms with Crippen LogP contribution in [-0.2, 0) is 0 Å². The molecule has 21 heavy (non-hydrogen) atoms. The zero-order valence-corrected chi connectivity index (χ0v) is 13.5. The van der Waals surface area contributed by atoms with Gasteiger partial charge in [0.25, 0.3) is 5.91 Å². The van der Waals surface area contributed by atoms with Crippen molar-refractivity contribution in [1.29, 1.82) is 0 Å². The molecule has 106 valence electrons. The number of nitrogens with one attached hydrogen (secondary N) is 2. The van der Waals surface area contributed by atoms with E-state index in [2.05, 4.69) is 26.2 Å². The quantitative estimate of drug-likeness (QED) is 0.650. The normalized spacial score (nSPS) is 10.8. The topological polar surface area (TPSA) is 44.9 Å². The summed E-state index contributed by atoms with van der Waals surface area (Å²) in [5.74, 6) is -0.173. The molecule has 0 radical (unpaired) electrons. The van der Waals surface area contributed by atoms with Gasteiger partial charge in [-0.1, -0.05) is 17.7 Å². The monoisotopic (exact) mass is 362 g/mol. The van der Waals surface area contributed by atoms with Crippen LogP contribution in [-0.4, -0.2) is 10.9 Å². The number of aryl methyl sites for hydroxylation is 1. The van der Waals surface area contributed by atoms with E-state index in [0.29, 0.717) is 10.6 Å².